The fourth-order valence-corrected chi connectivity index (χ4v) is 3.55. The van der Waals surface area contributed by atoms with E-state index >= 15 is 0 Å². The Balaban J connectivity index is 2.28. The number of hydrogen-bond acceptors (Lipinski definition) is 4. The highest BCUT2D eigenvalue weighted by molar-refractivity contribution is 6.38. The molecule has 5 nitrogen and oxygen atoms in total. The summed E-state index contributed by atoms with van der Waals surface area (Å²) in [6.45, 7) is 4.20. The van der Waals surface area contributed by atoms with Gasteiger partial charge in [0.15, 0.2) is 5.78 Å². The number of rotatable bonds is 5. The average molecular weight is 418 g/mol. The first-order valence-corrected chi connectivity index (χ1v) is 9.47. The lowest BCUT2D eigenvalue weighted by molar-refractivity contribution is 0.0526. The van der Waals surface area contributed by atoms with Gasteiger partial charge in [-0.15, -0.1) is 0 Å². The summed E-state index contributed by atoms with van der Waals surface area (Å²) in [5, 5.41) is 1.06. The van der Waals surface area contributed by atoms with Gasteiger partial charge in [-0.05, 0) is 50.2 Å². The van der Waals surface area contributed by atoms with Crippen LogP contribution >= 0.6 is 23.2 Å². The van der Waals surface area contributed by atoms with Crippen molar-refractivity contribution in [2.24, 2.45) is 0 Å². The topological polar surface area (TPSA) is 65.4 Å². The zero-order valence-electron chi connectivity index (χ0n) is 15.3. The van der Waals surface area contributed by atoms with Crippen LogP contribution in [0.1, 0.15) is 40.1 Å². The van der Waals surface area contributed by atoms with Crippen molar-refractivity contribution in [2.75, 3.05) is 6.61 Å². The molecule has 0 unspecified atom stereocenters. The van der Waals surface area contributed by atoms with Crippen LogP contribution in [0.5, 0.6) is 0 Å². The molecule has 1 aromatic heterocycles. The number of ketones is 1. The van der Waals surface area contributed by atoms with Gasteiger partial charge in [-0.1, -0.05) is 23.2 Å². The van der Waals surface area contributed by atoms with E-state index in [4.69, 9.17) is 27.9 Å². The van der Waals surface area contributed by atoms with Crippen LogP contribution in [0.2, 0.25) is 10.0 Å². The van der Waals surface area contributed by atoms with E-state index in [9.17, 15) is 14.4 Å². The van der Waals surface area contributed by atoms with Crippen LogP contribution < -0.4 is 5.56 Å². The maximum Gasteiger partial charge on any atom is 0.338 e. The summed E-state index contributed by atoms with van der Waals surface area (Å²) >= 11 is 12.1. The van der Waals surface area contributed by atoms with Crippen molar-refractivity contribution in [3.8, 4) is 0 Å². The summed E-state index contributed by atoms with van der Waals surface area (Å²) < 4.78 is 6.58. The molecule has 0 aliphatic carbocycles. The van der Waals surface area contributed by atoms with Crippen LogP contribution in [-0.4, -0.2) is 22.9 Å². The zero-order valence-corrected chi connectivity index (χ0v) is 16.8. The standard InChI is InChI=1S/C21H17Cl2NO4/c1-3-24-18-8-5-12(21(27)28-4-2)9-15(18)16(11-19(24)25)20(26)14-7-6-13(22)10-17(14)23/h5-11H,3-4H2,1-2H3. The fraction of sp³-hybridized carbons (Fsp3) is 0.190. The van der Waals surface area contributed by atoms with E-state index in [1.165, 1.54) is 22.8 Å². The number of aryl methyl sites for hydroxylation is 1. The van der Waals surface area contributed by atoms with Crippen molar-refractivity contribution in [1.82, 2.24) is 4.57 Å². The lowest BCUT2D eigenvalue weighted by atomic mass is 9.98. The molecule has 1 heterocycles. The molecule has 3 aromatic rings. The third kappa shape index (κ3) is 3.68. The molecule has 0 saturated carbocycles. The SMILES string of the molecule is CCOC(=O)c1ccc2c(c1)c(C(=O)c1ccc(Cl)cc1Cl)cc(=O)n2CC. The lowest BCUT2D eigenvalue weighted by Gasteiger charge is -2.13. The first-order valence-electron chi connectivity index (χ1n) is 8.71. The minimum Gasteiger partial charge on any atom is -0.462 e. The summed E-state index contributed by atoms with van der Waals surface area (Å²) in [6.07, 6.45) is 0. The molecule has 0 aliphatic heterocycles. The van der Waals surface area contributed by atoms with Gasteiger partial charge in [-0.2, -0.15) is 0 Å². The van der Waals surface area contributed by atoms with Crippen LogP contribution in [0.15, 0.2) is 47.3 Å². The van der Waals surface area contributed by atoms with Gasteiger partial charge in [-0.25, -0.2) is 4.79 Å². The van der Waals surface area contributed by atoms with Gasteiger partial charge in [0.2, 0.25) is 0 Å². The predicted octanol–water partition coefficient (Wildman–Crippen LogP) is 4.74. The maximum atomic E-state index is 13.2. The largest absolute Gasteiger partial charge is 0.462 e. The molecule has 0 aliphatic rings. The molecule has 0 spiro atoms. The first kappa shape index (κ1) is 20.1. The number of hydrogen-bond donors (Lipinski definition) is 0. The first-order chi connectivity index (χ1) is 13.4. The van der Waals surface area contributed by atoms with E-state index in [0.717, 1.165) is 0 Å². The maximum absolute atomic E-state index is 13.2. The molecule has 0 radical (unpaired) electrons. The number of aromatic nitrogens is 1. The Kier molecular flexibility index (Phi) is 5.87. The van der Waals surface area contributed by atoms with Gasteiger partial charge in [-0.3, -0.25) is 9.59 Å². The number of nitrogens with zero attached hydrogens (tertiary/aromatic N) is 1. The van der Waals surface area contributed by atoms with Crippen molar-refractivity contribution >= 4 is 45.9 Å². The van der Waals surface area contributed by atoms with Gasteiger partial charge in [0.25, 0.3) is 5.56 Å². The molecule has 28 heavy (non-hydrogen) atoms. The van der Waals surface area contributed by atoms with Gasteiger partial charge < -0.3 is 9.30 Å². The Morgan fingerprint density at radius 1 is 1.00 bits per heavy atom. The molecular formula is C21H17Cl2NO4. The highest BCUT2D eigenvalue weighted by Crippen LogP contribution is 2.27. The minimum absolute atomic E-state index is 0.167. The summed E-state index contributed by atoms with van der Waals surface area (Å²) in [5.41, 5.74) is 0.929. The molecule has 2 aromatic carbocycles. The third-order valence-corrected chi connectivity index (χ3v) is 4.91. The van der Waals surface area contributed by atoms with Crippen LogP contribution in [0.25, 0.3) is 10.9 Å². The van der Waals surface area contributed by atoms with E-state index in [0.29, 0.717) is 28.0 Å². The number of carbonyl (C=O) groups excluding carboxylic acids is 2. The number of carbonyl (C=O) groups is 2. The van der Waals surface area contributed by atoms with Crippen LogP contribution in [0.3, 0.4) is 0 Å². The summed E-state index contributed by atoms with van der Waals surface area (Å²) in [5.74, 6) is -0.922. The van der Waals surface area contributed by atoms with E-state index in [1.807, 2.05) is 6.92 Å². The molecular weight excluding hydrogens is 401 g/mol. The quantitative estimate of drug-likeness (QED) is 0.444. The van der Waals surface area contributed by atoms with Crippen molar-refractivity contribution in [3.05, 3.63) is 79.6 Å². The van der Waals surface area contributed by atoms with E-state index < -0.39 is 11.8 Å². The van der Waals surface area contributed by atoms with Gasteiger partial charge >= 0.3 is 5.97 Å². The Morgan fingerprint density at radius 3 is 2.39 bits per heavy atom. The number of ether oxygens (including phenoxy) is 1. The molecule has 0 atom stereocenters. The van der Waals surface area contributed by atoms with Crippen molar-refractivity contribution in [2.45, 2.75) is 20.4 Å². The van der Waals surface area contributed by atoms with Crippen LogP contribution in [-0.2, 0) is 11.3 Å². The smallest absolute Gasteiger partial charge is 0.338 e. The third-order valence-electron chi connectivity index (χ3n) is 4.36. The van der Waals surface area contributed by atoms with Gasteiger partial charge in [0, 0.05) is 34.1 Å². The summed E-state index contributed by atoms with van der Waals surface area (Å²) in [4.78, 5) is 37.8. The second-order valence-corrected chi connectivity index (χ2v) is 6.89. The summed E-state index contributed by atoms with van der Waals surface area (Å²) in [6, 6.07) is 10.6. The van der Waals surface area contributed by atoms with Crippen LogP contribution in [0.4, 0.5) is 0 Å². The molecule has 0 amide bonds. The minimum atomic E-state index is -0.499. The molecule has 144 valence electrons. The number of halogens is 2. The van der Waals surface area contributed by atoms with E-state index in [-0.39, 0.29) is 28.3 Å². The molecule has 7 heteroatoms. The van der Waals surface area contributed by atoms with Crippen molar-refractivity contribution in [1.29, 1.82) is 0 Å². The van der Waals surface area contributed by atoms with Crippen molar-refractivity contribution in [3.63, 3.8) is 0 Å². The van der Waals surface area contributed by atoms with Gasteiger partial charge in [0.1, 0.15) is 0 Å². The Hall–Kier alpha value is -2.63. The normalized spacial score (nSPS) is 10.9. The number of benzene rings is 2. The highest BCUT2D eigenvalue weighted by Gasteiger charge is 2.20. The van der Waals surface area contributed by atoms with E-state index in [1.54, 1.807) is 31.2 Å². The number of pyridine rings is 1. The Bertz CT molecular complexity index is 1150. The number of fused-ring (bicyclic) bond motifs is 1. The predicted molar refractivity (Wildman–Crippen MR) is 110 cm³/mol. The second kappa shape index (κ2) is 8.17. The molecule has 0 N–H and O–H groups in total. The monoisotopic (exact) mass is 417 g/mol. The van der Waals surface area contributed by atoms with Crippen LogP contribution in [0, 0.1) is 0 Å². The van der Waals surface area contributed by atoms with E-state index in [2.05, 4.69) is 0 Å². The highest BCUT2D eigenvalue weighted by atomic mass is 35.5. The average Bonchev–Trinajstić information content (AvgIpc) is 2.66. The molecule has 0 saturated heterocycles. The zero-order chi connectivity index (χ0) is 20.4. The summed E-state index contributed by atoms with van der Waals surface area (Å²) in [7, 11) is 0. The second-order valence-electron chi connectivity index (χ2n) is 6.05. The molecule has 0 fully saturated rings. The Morgan fingerprint density at radius 2 is 1.75 bits per heavy atom. The molecule has 0 bridgehead atoms. The Labute approximate surface area is 171 Å². The lowest BCUT2D eigenvalue weighted by Crippen LogP contribution is -2.22. The van der Waals surface area contributed by atoms with Gasteiger partial charge in [0.05, 0.1) is 22.7 Å². The fourth-order valence-electron chi connectivity index (χ4n) is 3.06. The van der Waals surface area contributed by atoms with Crippen molar-refractivity contribution < 1.29 is 14.3 Å². The number of esters is 1. The molecule has 3 rings (SSSR count).